The van der Waals surface area contributed by atoms with Crippen LogP contribution in [0.25, 0.3) is 32.6 Å². The van der Waals surface area contributed by atoms with Crippen LogP contribution >= 0.6 is 0 Å². The van der Waals surface area contributed by atoms with Crippen LogP contribution in [0.5, 0.6) is 6.01 Å². The highest BCUT2D eigenvalue weighted by Crippen LogP contribution is 2.28. The summed E-state index contributed by atoms with van der Waals surface area (Å²) in [5, 5.41) is 12.1. The molecule has 7 nitrogen and oxygen atoms in total. The van der Waals surface area contributed by atoms with Crippen LogP contribution < -0.4 is 10.2 Å². The Labute approximate surface area is 200 Å². The number of hydrogen-bond donors (Lipinski definition) is 0. The van der Waals surface area contributed by atoms with Gasteiger partial charge in [-0.3, -0.25) is 9.36 Å². The summed E-state index contributed by atoms with van der Waals surface area (Å²) in [4.78, 5) is 30.5. The molecular formula is C28H21N3O4. The molecule has 0 spiro atoms. The van der Waals surface area contributed by atoms with E-state index < -0.39 is 5.97 Å². The minimum Gasteiger partial charge on any atom is -0.465 e. The fourth-order valence-corrected chi connectivity index (χ4v) is 4.42. The molecule has 0 saturated heterocycles. The lowest BCUT2D eigenvalue weighted by atomic mass is 10.1. The van der Waals surface area contributed by atoms with Crippen LogP contribution in [0.1, 0.15) is 28.4 Å². The normalized spacial score (nSPS) is 11.0. The number of hydrogen-bond acceptors (Lipinski definition) is 6. The van der Waals surface area contributed by atoms with E-state index in [0.717, 1.165) is 5.56 Å². The van der Waals surface area contributed by atoms with Gasteiger partial charge in [0.1, 0.15) is 0 Å². The number of para-hydroxylation sites is 1. The Kier molecular flexibility index (Phi) is 5.63. The summed E-state index contributed by atoms with van der Waals surface area (Å²) in [5.74, 6) is -0.475. The molecule has 7 heteroatoms. The summed E-state index contributed by atoms with van der Waals surface area (Å²) in [5.41, 5.74) is 2.65. The maximum Gasteiger partial charge on any atom is 0.340 e. The summed E-state index contributed by atoms with van der Waals surface area (Å²) in [6.45, 7) is 2.56. The van der Waals surface area contributed by atoms with Crippen LogP contribution in [0.15, 0.2) is 71.5 Å². The molecule has 0 saturated carbocycles. The van der Waals surface area contributed by atoms with Gasteiger partial charge in [-0.1, -0.05) is 42.5 Å². The molecule has 1 aromatic heterocycles. The van der Waals surface area contributed by atoms with Crippen molar-refractivity contribution in [3.05, 3.63) is 93.6 Å². The number of nitriles is 1. The third-order valence-electron chi connectivity index (χ3n) is 6.00. The van der Waals surface area contributed by atoms with E-state index in [2.05, 4.69) is 11.1 Å². The lowest BCUT2D eigenvalue weighted by Crippen LogP contribution is -2.09. The Morgan fingerprint density at radius 1 is 1.03 bits per heavy atom. The van der Waals surface area contributed by atoms with Gasteiger partial charge in [0.05, 0.1) is 48.5 Å². The molecule has 5 rings (SSSR count). The van der Waals surface area contributed by atoms with Crippen LogP contribution in [0, 0.1) is 11.3 Å². The predicted octanol–water partition coefficient (Wildman–Crippen LogP) is 4.81. The molecule has 5 aromatic rings. The summed E-state index contributed by atoms with van der Waals surface area (Å²) >= 11 is 0. The van der Waals surface area contributed by atoms with Crippen molar-refractivity contribution < 1.29 is 14.3 Å². The summed E-state index contributed by atoms with van der Waals surface area (Å²) in [6, 6.07) is 22.3. The smallest absolute Gasteiger partial charge is 0.340 e. The fraction of sp³-hybridized carbons (Fsp3) is 0.143. The first kappa shape index (κ1) is 22.1. The van der Waals surface area contributed by atoms with Crippen molar-refractivity contribution in [3.63, 3.8) is 0 Å². The zero-order chi connectivity index (χ0) is 24.5. The number of nitrogens with zero attached hydrogens (tertiary/aromatic N) is 3. The number of esters is 1. The number of imidazole rings is 1. The zero-order valence-corrected chi connectivity index (χ0v) is 19.2. The van der Waals surface area contributed by atoms with Crippen molar-refractivity contribution in [2.75, 3.05) is 13.7 Å². The first-order valence-electron chi connectivity index (χ1n) is 11.1. The number of rotatable bonds is 5. The highest BCUT2D eigenvalue weighted by atomic mass is 16.5. The van der Waals surface area contributed by atoms with E-state index in [9.17, 15) is 14.9 Å². The number of carbonyl (C=O) groups is 1. The van der Waals surface area contributed by atoms with Gasteiger partial charge in [0, 0.05) is 16.2 Å². The molecule has 0 unspecified atom stereocenters. The van der Waals surface area contributed by atoms with Crippen molar-refractivity contribution >= 4 is 38.5 Å². The average molecular weight is 463 g/mol. The van der Waals surface area contributed by atoms with E-state index in [1.807, 2.05) is 41.8 Å². The second-order valence-electron chi connectivity index (χ2n) is 8.04. The fourth-order valence-electron chi connectivity index (χ4n) is 4.42. The lowest BCUT2D eigenvalue weighted by Gasteiger charge is -2.11. The molecule has 0 N–H and O–H groups in total. The number of aromatic nitrogens is 2. The Balaban J connectivity index is 1.75. The van der Waals surface area contributed by atoms with Gasteiger partial charge in [-0.05, 0) is 42.1 Å². The number of ether oxygens (including phenoxy) is 2. The Morgan fingerprint density at radius 2 is 1.86 bits per heavy atom. The van der Waals surface area contributed by atoms with Crippen molar-refractivity contribution in [3.8, 4) is 12.1 Å². The molecule has 4 aromatic carbocycles. The van der Waals surface area contributed by atoms with Gasteiger partial charge in [-0.2, -0.15) is 10.2 Å². The predicted molar refractivity (Wildman–Crippen MR) is 134 cm³/mol. The average Bonchev–Trinajstić information content (AvgIpc) is 3.17. The first-order valence-corrected chi connectivity index (χ1v) is 11.1. The molecular weight excluding hydrogens is 442 g/mol. The second-order valence-corrected chi connectivity index (χ2v) is 8.04. The molecule has 172 valence electrons. The largest absolute Gasteiger partial charge is 0.465 e. The van der Waals surface area contributed by atoms with E-state index in [1.165, 1.54) is 7.11 Å². The highest BCUT2D eigenvalue weighted by Gasteiger charge is 2.20. The van der Waals surface area contributed by atoms with Gasteiger partial charge in [0.2, 0.25) is 0 Å². The van der Waals surface area contributed by atoms with Crippen LogP contribution in [0.3, 0.4) is 0 Å². The van der Waals surface area contributed by atoms with Crippen molar-refractivity contribution in [2.45, 2.75) is 13.5 Å². The van der Waals surface area contributed by atoms with Crippen molar-refractivity contribution in [2.24, 2.45) is 0 Å². The summed E-state index contributed by atoms with van der Waals surface area (Å²) in [6.07, 6.45) is 0. The first-order chi connectivity index (χ1) is 17.0. The maximum atomic E-state index is 13.5. The van der Waals surface area contributed by atoms with E-state index >= 15 is 0 Å². The summed E-state index contributed by atoms with van der Waals surface area (Å²) < 4.78 is 12.6. The SMILES string of the molecule is CCOc1nc2cccc(C(=O)OC)c2n1Cc1ccc2c(C#N)cc3ccccc3c(=O)c2c1. The van der Waals surface area contributed by atoms with Crippen molar-refractivity contribution in [1.82, 2.24) is 9.55 Å². The van der Waals surface area contributed by atoms with Crippen LogP contribution in [-0.2, 0) is 11.3 Å². The van der Waals surface area contributed by atoms with Gasteiger partial charge in [-0.25, -0.2) is 4.79 Å². The molecule has 35 heavy (non-hydrogen) atoms. The number of methoxy groups -OCH3 is 1. The standard InChI is InChI=1S/C28H21N3O4/c1-3-35-28-30-24-10-6-9-22(27(33)34-2)25(24)31(28)16-17-11-12-20-19(15-29)14-18-7-4-5-8-21(18)26(32)23(20)13-17/h4-14H,3,16H2,1-2H3. The Bertz CT molecular complexity index is 1730. The number of fused-ring (bicyclic) bond motifs is 3. The Morgan fingerprint density at radius 3 is 2.63 bits per heavy atom. The third kappa shape index (κ3) is 3.75. The van der Waals surface area contributed by atoms with Crippen LogP contribution in [0.4, 0.5) is 0 Å². The molecule has 0 aliphatic carbocycles. The van der Waals surface area contributed by atoms with E-state index in [-0.39, 0.29) is 5.43 Å². The van der Waals surface area contributed by atoms with Gasteiger partial charge in [0.25, 0.3) is 6.01 Å². The molecule has 0 aliphatic rings. The van der Waals surface area contributed by atoms with E-state index in [4.69, 9.17) is 9.47 Å². The Hall–Kier alpha value is -4.70. The van der Waals surface area contributed by atoms with Gasteiger partial charge >= 0.3 is 5.97 Å². The maximum absolute atomic E-state index is 13.5. The molecule has 0 radical (unpaired) electrons. The molecule has 0 bridgehead atoms. The topological polar surface area (TPSA) is 94.2 Å². The molecule has 0 amide bonds. The molecule has 0 aliphatic heterocycles. The lowest BCUT2D eigenvalue weighted by molar-refractivity contribution is 0.0602. The second kappa shape index (κ2) is 8.92. The number of carbonyl (C=O) groups excluding carboxylic acids is 1. The molecule has 0 atom stereocenters. The van der Waals surface area contributed by atoms with Crippen LogP contribution in [-0.4, -0.2) is 29.2 Å². The van der Waals surface area contributed by atoms with Gasteiger partial charge < -0.3 is 9.47 Å². The highest BCUT2D eigenvalue weighted by molar-refractivity contribution is 6.02. The van der Waals surface area contributed by atoms with E-state index in [0.29, 0.717) is 62.9 Å². The number of benzene rings is 3. The van der Waals surface area contributed by atoms with Crippen LogP contribution in [0.2, 0.25) is 0 Å². The molecule has 1 heterocycles. The quantitative estimate of drug-likeness (QED) is 0.347. The minimum absolute atomic E-state index is 0.144. The zero-order valence-electron chi connectivity index (χ0n) is 19.2. The minimum atomic E-state index is -0.475. The van der Waals surface area contributed by atoms with Gasteiger partial charge in [-0.15, -0.1) is 0 Å². The monoisotopic (exact) mass is 463 g/mol. The van der Waals surface area contributed by atoms with Gasteiger partial charge in [0.15, 0.2) is 5.43 Å². The summed E-state index contributed by atoms with van der Waals surface area (Å²) in [7, 11) is 1.33. The third-order valence-corrected chi connectivity index (χ3v) is 6.00. The molecule has 0 fully saturated rings. The van der Waals surface area contributed by atoms with E-state index in [1.54, 1.807) is 36.4 Å². The van der Waals surface area contributed by atoms with Crippen molar-refractivity contribution in [1.29, 1.82) is 5.26 Å².